The van der Waals surface area contributed by atoms with E-state index in [0.29, 0.717) is 17.0 Å². The molecule has 12 nitrogen and oxygen atoms in total. The smallest absolute Gasteiger partial charge is 0.317 e. The van der Waals surface area contributed by atoms with E-state index in [-0.39, 0.29) is 22.7 Å². The number of H-pyrrole nitrogens is 1. The number of rotatable bonds is 13. The molecule has 52 heavy (non-hydrogen) atoms. The average molecular weight is 748 g/mol. The second kappa shape index (κ2) is 15.1. The van der Waals surface area contributed by atoms with E-state index < -0.39 is 46.7 Å². The molecule has 1 saturated heterocycles. The van der Waals surface area contributed by atoms with Crippen molar-refractivity contribution in [3.63, 3.8) is 0 Å². The van der Waals surface area contributed by atoms with E-state index in [9.17, 15) is 14.3 Å². The van der Waals surface area contributed by atoms with Crippen LogP contribution in [0, 0.1) is 0 Å². The van der Waals surface area contributed by atoms with Gasteiger partial charge in [0.1, 0.15) is 35.4 Å². The number of hydrogen-bond donors (Lipinski definition) is 2. The first-order valence-electron chi connectivity index (χ1n) is 17.0. The molecule has 2 N–H and O–H groups in total. The van der Waals surface area contributed by atoms with Crippen LogP contribution < -0.4 is 15.0 Å². The third kappa shape index (κ3) is 7.27. The van der Waals surface area contributed by atoms with Crippen LogP contribution in [0.25, 0.3) is 11.0 Å². The van der Waals surface area contributed by atoms with Gasteiger partial charge in [-0.15, -0.1) is 0 Å². The van der Waals surface area contributed by atoms with Crippen molar-refractivity contribution >= 4 is 27.6 Å². The third-order valence-corrected chi connectivity index (χ3v) is 15.1. The van der Waals surface area contributed by atoms with Gasteiger partial charge < -0.3 is 37.8 Å². The predicted octanol–water partition coefficient (Wildman–Crippen LogP) is 6.81. The lowest BCUT2D eigenvalue weighted by atomic mass is 9.80. The van der Waals surface area contributed by atoms with Crippen molar-refractivity contribution in [1.82, 2.24) is 14.5 Å². The van der Waals surface area contributed by atoms with E-state index in [1.54, 1.807) is 24.9 Å². The molecule has 0 aliphatic carbocycles. The monoisotopic (exact) mass is 747 g/mol. The number of pyridine rings is 1. The minimum atomic E-state index is -3.49. The first kappa shape index (κ1) is 37.7. The van der Waals surface area contributed by atoms with Gasteiger partial charge in [-0.3, -0.25) is 13.9 Å². The molecule has 1 aliphatic rings. The molecular weight excluding hydrogens is 701 g/mol. The first-order valence-corrected chi connectivity index (χ1v) is 21.2. The standard InChI is InChI=1S/C38H46N3O9PSi/c1-37(2,3)52(6,7)50-33-31(48-36(34(33)49-51(43)44)41-24-40-32-30(41)21-22-39-35(32)42)23-47-38(25-11-9-8-10-12-25,26-13-17-28(45-4)18-14-26)27-15-19-29(46-5)20-16-27/h8-22,24,31,33-34,36,51H,23H2,1-7H3,(H,39,42)(H,43,44)/t31-,33-,34-,36-/m1/s1. The summed E-state index contributed by atoms with van der Waals surface area (Å²) in [5.41, 5.74) is 1.65. The minimum Gasteiger partial charge on any atom is -0.497 e. The zero-order valence-electron chi connectivity index (χ0n) is 30.4. The molecule has 1 unspecified atom stereocenters. The fraction of sp³-hybridized carbons (Fsp3) is 0.368. The van der Waals surface area contributed by atoms with E-state index in [1.807, 2.05) is 78.9 Å². The second-order valence-corrected chi connectivity index (χ2v) is 19.8. The number of hydrogen-bond acceptors (Lipinski definition) is 9. The highest BCUT2D eigenvalue weighted by Gasteiger charge is 2.53. The lowest BCUT2D eigenvalue weighted by Crippen LogP contribution is -2.50. The van der Waals surface area contributed by atoms with Crippen molar-refractivity contribution in [3.8, 4) is 11.5 Å². The van der Waals surface area contributed by atoms with Crippen LogP contribution in [-0.4, -0.2) is 66.9 Å². The quantitative estimate of drug-likeness (QED) is 0.0750. The van der Waals surface area contributed by atoms with Crippen LogP contribution in [-0.2, 0) is 28.6 Å². The van der Waals surface area contributed by atoms with E-state index in [0.717, 1.165) is 16.7 Å². The van der Waals surface area contributed by atoms with Gasteiger partial charge in [0.15, 0.2) is 20.1 Å². The number of imidazole rings is 1. The van der Waals surface area contributed by atoms with Gasteiger partial charge in [0.05, 0.1) is 32.7 Å². The molecule has 0 saturated carbocycles. The molecule has 276 valence electrons. The molecule has 14 heteroatoms. The molecule has 1 fully saturated rings. The van der Waals surface area contributed by atoms with Crippen LogP contribution in [0.3, 0.4) is 0 Å². The Kier molecular flexibility index (Phi) is 11.0. The first-order chi connectivity index (χ1) is 24.8. The minimum absolute atomic E-state index is 0.0256. The number of nitrogens with zero attached hydrogens (tertiary/aromatic N) is 2. The number of fused-ring (bicyclic) bond motifs is 1. The van der Waals surface area contributed by atoms with Gasteiger partial charge >= 0.3 is 8.25 Å². The largest absolute Gasteiger partial charge is 0.497 e. The molecule has 6 rings (SSSR count). The molecule has 0 bridgehead atoms. The van der Waals surface area contributed by atoms with Gasteiger partial charge in [-0.05, 0) is 65.2 Å². The normalized spacial score (nSPS) is 20.2. The molecule has 5 aromatic rings. The summed E-state index contributed by atoms with van der Waals surface area (Å²) in [7, 11) is -2.82. The highest BCUT2D eigenvalue weighted by atomic mass is 31.1. The topological polar surface area (TPSA) is 143 Å². The summed E-state index contributed by atoms with van der Waals surface area (Å²) in [4.78, 5) is 29.9. The van der Waals surface area contributed by atoms with Crippen molar-refractivity contribution < 1.29 is 37.4 Å². The zero-order chi connectivity index (χ0) is 37.3. The van der Waals surface area contributed by atoms with Crippen molar-refractivity contribution in [1.29, 1.82) is 0 Å². The number of methoxy groups -OCH3 is 2. The number of nitrogens with one attached hydrogen (secondary N) is 1. The Hall–Kier alpha value is -4.07. The second-order valence-electron chi connectivity index (χ2n) is 14.3. The van der Waals surface area contributed by atoms with E-state index in [1.165, 1.54) is 12.5 Å². The Morgan fingerprint density at radius 3 is 2.00 bits per heavy atom. The van der Waals surface area contributed by atoms with Gasteiger partial charge in [-0.25, -0.2) is 4.98 Å². The Balaban J connectivity index is 1.50. The highest BCUT2D eigenvalue weighted by molar-refractivity contribution is 7.32. The summed E-state index contributed by atoms with van der Waals surface area (Å²) in [6, 6.07) is 27.0. The van der Waals surface area contributed by atoms with Gasteiger partial charge in [0.2, 0.25) is 0 Å². The van der Waals surface area contributed by atoms with Crippen LogP contribution >= 0.6 is 8.25 Å². The van der Waals surface area contributed by atoms with Crippen LogP contribution in [0.5, 0.6) is 11.5 Å². The molecule has 3 heterocycles. The Morgan fingerprint density at radius 1 is 0.885 bits per heavy atom. The summed E-state index contributed by atoms with van der Waals surface area (Å²) in [6.07, 6.45) is -0.681. The molecule has 5 atom stereocenters. The predicted molar refractivity (Wildman–Crippen MR) is 201 cm³/mol. The number of ether oxygens (including phenoxy) is 4. The maximum absolute atomic E-state index is 12.6. The van der Waals surface area contributed by atoms with E-state index in [4.69, 9.17) is 27.9 Å². The number of aromatic nitrogens is 3. The van der Waals surface area contributed by atoms with Crippen molar-refractivity contribution in [2.24, 2.45) is 0 Å². The number of aromatic amines is 1. The van der Waals surface area contributed by atoms with E-state index in [2.05, 4.69) is 43.8 Å². The van der Waals surface area contributed by atoms with Gasteiger partial charge in [0.25, 0.3) is 5.56 Å². The molecule has 2 aromatic heterocycles. The van der Waals surface area contributed by atoms with Crippen molar-refractivity contribution in [3.05, 3.63) is 124 Å². The Morgan fingerprint density at radius 2 is 1.46 bits per heavy atom. The third-order valence-electron chi connectivity index (χ3n) is 10.2. The fourth-order valence-corrected chi connectivity index (χ4v) is 8.23. The maximum atomic E-state index is 12.6. The zero-order valence-corrected chi connectivity index (χ0v) is 32.4. The average Bonchev–Trinajstić information content (AvgIpc) is 3.70. The van der Waals surface area contributed by atoms with Crippen LogP contribution in [0.4, 0.5) is 0 Å². The van der Waals surface area contributed by atoms with Crippen LogP contribution in [0.1, 0.15) is 43.7 Å². The summed E-state index contributed by atoms with van der Waals surface area (Å²) < 4.78 is 52.1. The Bertz CT molecular complexity index is 2000. The molecule has 0 amide bonds. The molecule has 1 aliphatic heterocycles. The van der Waals surface area contributed by atoms with Crippen LogP contribution in [0.15, 0.2) is 102 Å². The van der Waals surface area contributed by atoms with Crippen LogP contribution in [0.2, 0.25) is 18.1 Å². The van der Waals surface area contributed by atoms with Crippen molar-refractivity contribution in [2.75, 3.05) is 20.8 Å². The Labute approximate surface area is 304 Å². The van der Waals surface area contributed by atoms with Crippen molar-refractivity contribution in [2.45, 2.75) is 69.0 Å². The molecular formula is C38H46N3O9PSi. The fourth-order valence-electron chi connectivity index (χ4n) is 6.43. The van der Waals surface area contributed by atoms with Gasteiger partial charge in [-0.1, -0.05) is 75.4 Å². The highest BCUT2D eigenvalue weighted by Crippen LogP contribution is 2.47. The number of benzene rings is 3. The lowest BCUT2D eigenvalue weighted by Gasteiger charge is -2.41. The SMILES string of the molecule is COc1ccc(C(OC[C@H]2O[C@@H](n3cnc4c(=O)[nH]ccc43)[C@H](O[PH](=O)O)[C@@H]2O[Si](C)(C)C(C)(C)C)(c2ccccc2)c2ccc(OC)cc2)cc1. The van der Waals surface area contributed by atoms with Gasteiger partial charge in [-0.2, -0.15) is 0 Å². The summed E-state index contributed by atoms with van der Waals surface area (Å²) in [5, 5.41) is -0.222. The maximum Gasteiger partial charge on any atom is 0.317 e. The molecule has 3 aromatic carbocycles. The molecule has 0 radical (unpaired) electrons. The summed E-state index contributed by atoms with van der Waals surface area (Å²) in [5.74, 6) is 1.38. The summed E-state index contributed by atoms with van der Waals surface area (Å²) in [6.45, 7) is 10.5. The summed E-state index contributed by atoms with van der Waals surface area (Å²) >= 11 is 0. The molecule has 0 spiro atoms. The van der Waals surface area contributed by atoms with E-state index >= 15 is 0 Å². The lowest BCUT2D eigenvalue weighted by molar-refractivity contribution is -0.0926. The van der Waals surface area contributed by atoms with Gasteiger partial charge in [0, 0.05) is 6.20 Å².